The highest BCUT2D eigenvalue weighted by Crippen LogP contribution is 2.26. The third-order valence-corrected chi connectivity index (χ3v) is 4.63. The van der Waals surface area contributed by atoms with E-state index in [4.69, 9.17) is 4.74 Å². The van der Waals surface area contributed by atoms with Crippen molar-refractivity contribution in [1.82, 2.24) is 4.90 Å². The molecule has 1 saturated heterocycles. The van der Waals surface area contributed by atoms with Gasteiger partial charge in [-0.25, -0.2) is 4.79 Å². The van der Waals surface area contributed by atoms with E-state index in [0.29, 0.717) is 13.1 Å². The second-order valence-corrected chi connectivity index (χ2v) is 7.54. The van der Waals surface area contributed by atoms with Gasteiger partial charge in [0.1, 0.15) is 5.60 Å². The maximum Gasteiger partial charge on any atom is 0.410 e. The Hall–Kier alpha value is -1.75. The Balaban J connectivity index is 1.62. The summed E-state index contributed by atoms with van der Waals surface area (Å²) in [6.45, 7) is 8.79. The summed E-state index contributed by atoms with van der Waals surface area (Å²) in [7, 11) is 0. The van der Waals surface area contributed by atoms with Gasteiger partial charge in [-0.05, 0) is 55.8 Å². The zero-order chi connectivity index (χ0) is 15.7. The number of thiophene rings is 1. The molecule has 0 spiro atoms. The minimum Gasteiger partial charge on any atom is -0.444 e. The highest BCUT2D eigenvalue weighted by Gasteiger charge is 2.25. The molecule has 1 aromatic heterocycles. The number of carbonyl (C=O) groups excluding carboxylic acids is 1. The Kier molecular flexibility index (Phi) is 4.00. The number of nitrogens with zero attached hydrogens (tertiary/aromatic N) is 2. The third kappa shape index (κ3) is 3.35. The molecule has 4 nitrogen and oxygen atoms in total. The van der Waals surface area contributed by atoms with Crippen LogP contribution in [0.3, 0.4) is 0 Å². The molecule has 1 amide bonds. The molecule has 1 aliphatic rings. The number of benzene rings is 1. The lowest BCUT2D eigenvalue weighted by molar-refractivity contribution is 0.0240. The maximum atomic E-state index is 12.1. The second-order valence-electron chi connectivity index (χ2n) is 6.60. The molecule has 0 saturated carbocycles. The first-order valence-corrected chi connectivity index (χ1v) is 8.50. The van der Waals surface area contributed by atoms with Gasteiger partial charge in [-0.3, -0.25) is 0 Å². The van der Waals surface area contributed by atoms with Crippen molar-refractivity contribution < 1.29 is 9.53 Å². The van der Waals surface area contributed by atoms with Gasteiger partial charge < -0.3 is 14.5 Å². The predicted octanol–water partition coefficient (Wildman–Crippen LogP) is 3.96. The third-order valence-electron chi connectivity index (χ3n) is 3.73. The molecule has 5 heteroatoms. The van der Waals surface area contributed by atoms with Crippen LogP contribution in [0.4, 0.5) is 10.5 Å². The SMILES string of the molecule is CC(C)(C)OC(=O)N1CCN(c2ccc3sccc3c2)CC1. The van der Waals surface area contributed by atoms with Crippen LogP contribution >= 0.6 is 11.3 Å². The number of ether oxygens (including phenoxy) is 1. The van der Waals surface area contributed by atoms with Crippen LogP contribution in [0.1, 0.15) is 20.8 Å². The van der Waals surface area contributed by atoms with Crippen LogP contribution in [0.2, 0.25) is 0 Å². The van der Waals surface area contributed by atoms with Crippen molar-refractivity contribution in [3.8, 4) is 0 Å². The summed E-state index contributed by atoms with van der Waals surface area (Å²) in [4.78, 5) is 16.2. The molecule has 0 atom stereocenters. The molecule has 3 rings (SSSR count). The zero-order valence-corrected chi connectivity index (χ0v) is 14.2. The van der Waals surface area contributed by atoms with Gasteiger partial charge in [0.15, 0.2) is 0 Å². The molecule has 1 aliphatic heterocycles. The highest BCUT2D eigenvalue weighted by molar-refractivity contribution is 7.17. The smallest absolute Gasteiger partial charge is 0.410 e. The van der Waals surface area contributed by atoms with Gasteiger partial charge in [-0.2, -0.15) is 0 Å². The first-order chi connectivity index (χ1) is 10.4. The summed E-state index contributed by atoms with van der Waals surface area (Å²) >= 11 is 1.76. The lowest BCUT2D eigenvalue weighted by atomic mass is 10.2. The fraction of sp³-hybridized carbons (Fsp3) is 0.471. The van der Waals surface area contributed by atoms with E-state index >= 15 is 0 Å². The molecule has 0 radical (unpaired) electrons. The number of fused-ring (bicyclic) bond motifs is 1. The van der Waals surface area contributed by atoms with E-state index in [-0.39, 0.29) is 6.09 Å². The standard InChI is InChI=1S/C17H22N2O2S/c1-17(2,3)21-16(20)19-9-7-18(8-10-19)14-4-5-15-13(12-14)6-11-22-15/h4-6,11-12H,7-10H2,1-3H3. The zero-order valence-electron chi connectivity index (χ0n) is 13.3. The van der Waals surface area contributed by atoms with Crippen molar-refractivity contribution in [1.29, 1.82) is 0 Å². The quantitative estimate of drug-likeness (QED) is 0.798. The molecule has 2 aromatic rings. The first kappa shape index (κ1) is 15.2. The van der Waals surface area contributed by atoms with Gasteiger partial charge in [0.25, 0.3) is 0 Å². The average Bonchev–Trinajstić information content (AvgIpc) is 2.93. The number of rotatable bonds is 1. The number of piperazine rings is 1. The van der Waals surface area contributed by atoms with E-state index in [1.807, 2.05) is 20.8 Å². The molecular formula is C17H22N2O2S. The summed E-state index contributed by atoms with van der Waals surface area (Å²) in [5.74, 6) is 0. The molecule has 0 aliphatic carbocycles. The van der Waals surface area contributed by atoms with Crippen molar-refractivity contribution in [2.24, 2.45) is 0 Å². The first-order valence-electron chi connectivity index (χ1n) is 7.62. The highest BCUT2D eigenvalue weighted by atomic mass is 32.1. The average molecular weight is 318 g/mol. The van der Waals surface area contributed by atoms with Gasteiger partial charge in [0.2, 0.25) is 0 Å². The number of anilines is 1. The van der Waals surface area contributed by atoms with E-state index in [1.165, 1.54) is 15.8 Å². The summed E-state index contributed by atoms with van der Waals surface area (Å²) < 4.78 is 6.75. The van der Waals surface area contributed by atoms with Crippen molar-refractivity contribution in [3.63, 3.8) is 0 Å². The van der Waals surface area contributed by atoms with Gasteiger partial charge >= 0.3 is 6.09 Å². The monoisotopic (exact) mass is 318 g/mol. The fourth-order valence-electron chi connectivity index (χ4n) is 2.62. The normalized spacial score (nSPS) is 16.1. The number of hydrogen-bond acceptors (Lipinski definition) is 4. The van der Waals surface area contributed by atoms with Crippen LogP contribution in [0, 0.1) is 0 Å². The molecule has 1 fully saturated rings. The van der Waals surface area contributed by atoms with E-state index in [1.54, 1.807) is 16.2 Å². The van der Waals surface area contributed by atoms with Crippen molar-refractivity contribution in [3.05, 3.63) is 29.6 Å². The van der Waals surface area contributed by atoms with E-state index in [0.717, 1.165) is 13.1 Å². The minimum atomic E-state index is -0.432. The maximum absolute atomic E-state index is 12.1. The summed E-state index contributed by atoms with van der Waals surface area (Å²) in [6.07, 6.45) is -0.208. The lowest BCUT2D eigenvalue weighted by Gasteiger charge is -2.36. The molecule has 22 heavy (non-hydrogen) atoms. The van der Waals surface area contributed by atoms with E-state index < -0.39 is 5.60 Å². The van der Waals surface area contributed by atoms with Gasteiger partial charge in [0.05, 0.1) is 0 Å². The molecule has 1 aromatic carbocycles. The summed E-state index contributed by atoms with van der Waals surface area (Å²) in [5.41, 5.74) is 0.799. The second kappa shape index (κ2) is 5.80. The van der Waals surface area contributed by atoms with Crippen molar-refractivity contribution in [2.75, 3.05) is 31.1 Å². The van der Waals surface area contributed by atoms with Crippen LogP contribution in [-0.4, -0.2) is 42.8 Å². The number of hydrogen-bond donors (Lipinski definition) is 0. The Bertz CT molecular complexity index is 667. The minimum absolute atomic E-state index is 0.208. The topological polar surface area (TPSA) is 32.8 Å². The van der Waals surface area contributed by atoms with E-state index in [2.05, 4.69) is 34.5 Å². The molecule has 2 heterocycles. The largest absolute Gasteiger partial charge is 0.444 e. The Morgan fingerprint density at radius 1 is 1.14 bits per heavy atom. The molecule has 0 bridgehead atoms. The van der Waals surface area contributed by atoms with Crippen LogP contribution in [0.25, 0.3) is 10.1 Å². The lowest BCUT2D eigenvalue weighted by Crippen LogP contribution is -2.50. The van der Waals surface area contributed by atoms with Crippen LogP contribution in [-0.2, 0) is 4.74 Å². The van der Waals surface area contributed by atoms with Crippen molar-refractivity contribution >= 4 is 33.2 Å². The summed E-state index contributed by atoms with van der Waals surface area (Å²) in [6, 6.07) is 8.73. The van der Waals surface area contributed by atoms with Crippen LogP contribution < -0.4 is 4.90 Å². The van der Waals surface area contributed by atoms with Gasteiger partial charge in [-0.1, -0.05) is 0 Å². The Labute approximate surface area is 135 Å². The van der Waals surface area contributed by atoms with Crippen LogP contribution in [0.5, 0.6) is 0 Å². The molecule has 0 unspecified atom stereocenters. The predicted molar refractivity (Wildman–Crippen MR) is 91.8 cm³/mol. The number of carbonyl (C=O) groups is 1. The number of amides is 1. The molecular weight excluding hydrogens is 296 g/mol. The van der Waals surface area contributed by atoms with E-state index in [9.17, 15) is 4.79 Å². The molecule has 0 N–H and O–H groups in total. The van der Waals surface area contributed by atoms with Crippen molar-refractivity contribution in [2.45, 2.75) is 26.4 Å². The fourth-order valence-corrected chi connectivity index (χ4v) is 3.40. The molecule has 118 valence electrons. The Morgan fingerprint density at radius 3 is 2.55 bits per heavy atom. The van der Waals surface area contributed by atoms with Gasteiger partial charge in [0, 0.05) is 36.6 Å². The van der Waals surface area contributed by atoms with Crippen LogP contribution in [0.15, 0.2) is 29.6 Å². The summed E-state index contributed by atoms with van der Waals surface area (Å²) in [5, 5.41) is 3.41. The van der Waals surface area contributed by atoms with Gasteiger partial charge in [-0.15, -0.1) is 11.3 Å². The Morgan fingerprint density at radius 2 is 1.86 bits per heavy atom.